The predicted octanol–water partition coefficient (Wildman–Crippen LogP) is 2.08. The van der Waals surface area contributed by atoms with Crippen molar-refractivity contribution in [1.29, 1.82) is 0 Å². The fraction of sp³-hybridized carbons (Fsp3) is 1.00. The van der Waals surface area contributed by atoms with Crippen molar-refractivity contribution in [2.75, 3.05) is 31.8 Å². The molecule has 0 aliphatic rings. The Morgan fingerprint density at radius 1 is 1.20 bits per heavy atom. The fourth-order valence-corrected chi connectivity index (χ4v) is 2.83. The summed E-state index contributed by atoms with van der Waals surface area (Å²) in [5.74, 6) is 0.616. The lowest BCUT2D eigenvalue weighted by Gasteiger charge is -2.16. The molecule has 0 rings (SSSR count). The highest BCUT2D eigenvalue weighted by Gasteiger charge is 2.08. The zero-order valence-corrected chi connectivity index (χ0v) is 14.2. The second-order valence-electron chi connectivity index (χ2n) is 5.55. The first-order chi connectivity index (χ1) is 9.56. The number of ether oxygens (including phenoxy) is 1. The molecule has 122 valence electrons. The third-order valence-electron chi connectivity index (χ3n) is 3.14. The van der Waals surface area contributed by atoms with Crippen LogP contribution in [0.3, 0.4) is 0 Å². The van der Waals surface area contributed by atoms with Crippen LogP contribution >= 0.6 is 0 Å². The average Bonchev–Trinajstić information content (AvgIpc) is 2.38. The first-order valence-corrected chi connectivity index (χ1v) is 9.58. The summed E-state index contributed by atoms with van der Waals surface area (Å²) >= 11 is 0. The Bertz CT molecular complexity index is 239. The van der Waals surface area contributed by atoms with Crippen LogP contribution in [0.5, 0.6) is 0 Å². The smallest absolute Gasteiger partial charge is 0.0897 e. The van der Waals surface area contributed by atoms with Crippen LogP contribution in [-0.2, 0) is 15.5 Å². The molecular formula is C15H33NO3S. The molecule has 3 atom stereocenters. The summed E-state index contributed by atoms with van der Waals surface area (Å²) in [5, 5.41) is 12.9. The van der Waals surface area contributed by atoms with Gasteiger partial charge in [-0.3, -0.25) is 4.21 Å². The van der Waals surface area contributed by atoms with Crippen molar-refractivity contribution < 1.29 is 14.1 Å². The molecule has 3 unspecified atom stereocenters. The zero-order chi connectivity index (χ0) is 15.2. The van der Waals surface area contributed by atoms with Crippen LogP contribution in [-0.4, -0.2) is 53.2 Å². The molecule has 0 fully saturated rings. The Morgan fingerprint density at radius 2 is 1.85 bits per heavy atom. The van der Waals surface area contributed by atoms with Gasteiger partial charge < -0.3 is 15.2 Å². The van der Waals surface area contributed by atoms with Crippen molar-refractivity contribution in [2.24, 2.45) is 0 Å². The molecule has 20 heavy (non-hydrogen) atoms. The number of unbranched alkanes of at least 4 members (excludes halogenated alkanes) is 5. The van der Waals surface area contributed by atoms with Crippen LogP contribution < -0.4 is 5.32 Å². The molecule has 0 aromatic heterocycles. The summed E-state index contributed by atoms with van der Waals surface area (Å²) in [5.41, 5.74) is 0. The monoisotopic (exact) mass is 307 g/mol. The maximum atomic E-state index is 11.0. The van der Waals surface area contributed by atoms with Gasteiger partial charge in [0.15, 0.2) is 0 Å². The van der Waals surface area contributed by atoms with Gasteiger partial charge in [-0.2, -0.15) is 0 Å². The standard InChI is InChI=1S/C15H33NO3S/c1-4-5-6-7-8-9-10-19-12-15(17)11-16-14(2)13-20(3)18/h14-17H,4-13H2,1-3H3. The van der Waals surface area contributed by atoms with Gasteiger partial charge in [0.2, 0.25) is 0 Å². The largest absolute Gasteiger partial charge is 0.389 e. The molecule has 0 saturated carbocycles. The van der Waals surface area contributed by atoms with Gasteiger partial charge in [-0.05, 0) is 13.3 Å². The number of aliphatic hydroxyl groups excluding tert-OH is 1. The van der Waals surface area contributed by atoms with Crippen LogP contribution in [0.15, 0.2) is 0 Å². The van der Waals surface area contributed by atoms with Crippen molar-refractivity contribution in [3.8, 4) is 0 Å². The lowest BCUT2D eigenvalue weighted by molar-refractivity contribution is 0.0346. The van der Waals surface area contributed by atoms with Gasteiger partial charge in [0.05, 0.1) is 12.7 Å². The quantitative estimate of drug-likeness (QED) is 0.482. The maximum absolute atomic E-state index is 11.0. The summed E-state index contributed by atoms with van der Waals surface area (Å²) in [4.78, 5) is 0. The van der Waals surface area contributed by atoms with E-state index in [4.69, 9.17) is 4.74 Å². The van der Waals surface area contributed by atoms with Gasteiger partial charge >= 0.3 is 0 Å². The van der Waals surface area contributed by atoms with E-state index < -0.39 is 16.9 Å². The number of rotatable bonds is 14. The second-order valence-corrected chi connectivity index (χ2v) is 7.03. The highest BCUT2D eigenvalue weighted by molar-refractivity contribution is 7.84. The normalized spacial score (nSPS) is 16.0. The average molecular weight is 308 g/mol. The molecule has 0 aromatic carbocycles. The van der Waals surface area contributed by atoms with E-state index >= 15 is 0 Å². The molecule has 0 aliphatic carbocycles. The zero-order valence-electron chi connectivity index (χ0n) is 13.4. The van der Waals surface area contributed by atoms with E-state index in [2.05, 4.69) is 12.2 Å². The van der Waals surface area contributed by atoms with Crippen LogP contribution in [0, 0.1) is 0 Å². The number of hydrogen-bond acceptors (Lipinski definition) is 4. The van der Waals surface area contributed by atoms with E-state index in [1.165, 1.54) is 32.1 Å². The first-order valence-electron chi connectivity index (χ1n) is 7.85. The van der Waals surface area contributed by atoms with Gasteiger partial charge in [-0.1, -0.05) is 39.0 Å². The Balaban J connectivity index is 3.32. The van der Waals surface area contributed by atoms with Crippen molar-refractivity contribution in [2.45, 2.75) is 64.5 Å². The molecule has 2 N–H and O–H groups in total. The van der Waals surface area contributed by atoms with Gasteiger partial charge in [0.25, 0.3) is 0 Å². The second kappa shape index (κ2) is 14.0. The summed E-state index contributed by atoms with van der Waals surface area (Å²) in [7, 11) is -0.798. The van der Waals surface area contributed by atoms with Gasteiger partial charge in [-0.25, -0.2) is 0 Å². The first kappa shape index (κ1) is 20.0. The molecule has 0 saturated heterocycles. The minimum atomic E-state index is -0.798. The van der Waals surface area contributed by atoms with Crippen molar-refractivity contribution in [1.82, 2.24) is 5.32 Å². The molecule has 0 heterocycles. The molecule has 0 aliphatic heterocycles. The lowest BCUT2D eigenvalue weighted by atomic mass is 10.1. The molecule has 0 spiro atoms. The molecule has 5 heteroatoms. The Morgan fingerprint density at radius 3 is 2.50 bits per heavy atom. The molecule has 0 bridgehead atoms. The predicted molar refractivity (Wildman–Crippen MR) is 86.6 cm³/mol. The lowest BCUT2D eigenvalue weighted by Crippen LogP contribution is -2.38. The third kappa shape index (κ3) is 14.4. The molecule has 0 aromatic rings. The molecule has 0 amide bonds. The third-order valence-corrected chi connectivity index (χ3v) is 4.11. The van der Waals surface area contributed by atoms with Crippen molar-refractivity contribution in [3.05, 3.63) is 0 Å². The number of nitrogens with one attached hydrogen (secondary N) is 1. The Hall–Kier alpha value is 0.0300. The van der Waals surface area contributed by atoms with Gasteiger partial charge in [-0.15, -0.1) is 0 Å². The topological polar surface area (TPSA) is 58.6 Å². The van der Waals surface area contributed by atoms with Crippen LogP contribution in [0.1, 0.15) is 52.4 Å². The van der Waals surface area contributed by atoms with Crippen LogP contribution in [0.25, 0.3) is 0 Å². The summed E-state index contributed by atoms with van der Waals surface area (Å²) < 4.78 is 16.5. The van der Waals surface area contributed by atoms with E-state index in [1.54, 1.807) is 6.26 Å². The van der Waals surface area contributed by atoms with E-state index in [-0.39, 0.29) is 6.04 Å². The van der Waals surface area contributed by atoms with Gasteiger partial charge in [0, 0.05) is 42.0 Å². The maximum Gasteiger partial charge on any atom is 0.0897 e. The fourth-order valence-electron chi connectivity index (χ4n) is 2.01. The molecule has 0 radical (unpaired) electrons. The van der Waals surface area contributed by atoms with E-state index in [9.17, 15) is 9.32 Å². The number of hydrogen-bond donors (Lipinski definition) is 2. The van der Waals surface area contributed by atoms with E-state index in [0.717, 1.165) is 13.0 Å². The van der Waals surface area contributed by atoms with Crippen LogP contribution in [0.4, 0.5) is 0 Å². The van der Waals surface area contributed by atoms with Gasteiger partial charge in [0.1, 0.15) is 0 Å². The molecular weight excluding hydrogens is 274 g/mol. The Labute approximate surface area is 127 Å². The summed E-state index contributed by atoms with van der Waals surface area (Å²) in [6, 6.07) is 0.161. The summed E-state index contributed by atoms with van der Waals surface area (Å²) in [6.45, 7) is 5.80. The Kier molecular flexibility index (Phi) is 14.0. The summed E-state index contributed by atoms with van der Waals surface area (Å²) in [6.07, 6.45) is 8.71. The minimum absolute atomic E-state index is 0.161. The number of aliphatic hydroxyl groups is 1. The highest BCUT2D eigenvalue weighted by atomic mass is 32.2. The van der Waals surface area contributed by atoms with Crippen molar-refractivity contribution in [3.63, 3.8) is 0 Å². The van der Waals surface area contributed by atoms with E-state index in [1.807, 2.05) is 6.92 Å². The van der Waals surface area contributed by atoms with Crippen LogP contribution in [0.2, 0.25) is 0 Å². The van der Waals surface area contributed by atoms with Crippen molar-refractivity contribution >= 4 is 10.8 Å². The highest BCUT2D eigenvalue weighted by Crippen LogP contribution is 2.04. The SMILES string of the molecule is CCCCCCCCOCC(O)CNC(C)CS(C)=O. The van der Waals surface area contributed by atoms with E-state index in [0.29, 0.717) is 18.9 Å². The molecule has 4 nitrogen and oxygen atoms in total. The minimum Gasteiger partial charge on any atom is -0.389 e.